The van der Waals surface area contributed by atoms with Gasteiger partial charge in [0.2, 0.25) is 0 Å². The van der Waals surface area contributed by atoms with Crippen molar-refractivity contribution in [3.63, 3.8) is 0 Å². The average Bonchev–Trinajstić information content (AvgIpc) is 3.42. The molecular weight excluding hydrogens is 432 g/mol. The van der Waals surface area contributed by atoms with E-state index < -0.39 is 17.2 Å². The molecule has 0 aliphatic carbocycles. The van der Waals surface area contributed by atoms with E-state index in [2.05, 4.69) is 21.4 Å². The smallest absolute Gasteiger partial charge is 0.419 e. The van der Waals surface area contributed by atoms with Gasteiger partial charge in [0, 0.05) is 23.3 Å². The van der Waals surface area contributed by atoms with Crippen LogP contribution in [0.4, 0.5) is 4.79 Å². The Hall–Kier alpha value is -3.90. The highest BCUT2D eigenvalue weighted by atomic mass is 16.6. The summed E-state index contributed by atoms with van der Waals surface area (Å²) in [5.41, 5.74) is 2.54. The van der Waals surface area contributed by atoms with Crippen molar-refractivity contribution >= 4 is 28.2 Å². The molecular formula is C25H28N6O3. The number of benzene rings is 1. The van der Waals surface area contributed by atoms with Crippen LogP contribution in [0.5, 0.6) is 5.75 Å². The molecule has 0 aliphatic rings. The summed E-state index contributed by atoms with van der Waals surface area (Å²) in [6, 6.07) is 7.61. The number of hydrogen-bond donors (Lipinski definition) is 2. The minimum absolute atomic E-state index is 0.443. The second-order valence-corrected chi connectivity index (χ2v) is 9.37. The first-order chi connectivity index (χ1) is 16.0. The number of aryl methyl sites for hydroxylation is 1. The van der Waals surface area contributed by atoms with Gasteiger partial charge in [0.15, 0.2) is 5.65 Å². The number of nitrogens with one attached hydrogen (secondary N) is 2. The summed E-state index contributed by atoms with van der Waals surface area (Å²) in [6.07, 6.45) is 2.75. The minimum Gasteiger partial charge on any atom is -0.496 e. The summed E-state index contributed by atoms with van der Waals surface area (Å²) < 4.78 is 12.9. The maximum absolute atomic E-state index is 13.0. The van der Waals surface area contributed by atoms with E-state index in [1.165, 1.54) is 10.8 Å². The SMILES string of the molecule is CNC(C)(c1nc2ncc(C#N)cc2[nH]1)c1c(OC)cc(C)c2c1ccn2C(=O)OC(C)(C)C. The molecule has 4 aromatic rings. The summed E-state index contributed by atoms with van der Waals surface area (Å²) in [7, 11) is 3.45. The van der Waals surface area contributed by atoms with Gasteiger partial charge in [-0.25, -0.2) is 14.8 Å². The summed E-state index contributed by atoms with van der Waals surface area (Å²) in [4.78, 5) is 25.3. The Balaban J connectivity index is 1.97. The molecule has 0 fully saturated rings. The van der Waals surface area contributed by atoms with Crippen LogP contribution in [0, 0.1) is 18.3 Å². The van der Waals surface area contributed by atoms with Crippen molar-refractivity contribution in [2.24, 2.45) is 0 Å². The number of pyridine rings is 1. The second kappa shape index (κ2) is 8.15. The van der Waals surface area contributed by atoms with E-state index in [-0.39, 0.29) is 0 Å². The number of carbonyl (C=O) groups is 1. The molecule has 0 radical (unpaired) electrons. The molecule has 0 saturated carbocycles. The molecule has 1 atom stereocenters. The van der Waals surface area contributed by atoms with Gasteiger partial charge >= 0.3 is 6.09 Å². The molecule has 0 amide bonds. The Morgan fingerprint density at radius 1 is 1.26 bits per heavy atom. The molecule has 4 rings (SSSR count). The summed E-state index contributed by atoms with van der Waals surface area (Å²) in [6.45, 7) is 9.42. The number of imidazole rings is 1. The van der Waals surface area contributed by atoms with Crippen molar-refractivity contribution in [1.29, 1.82) is 5.26 Å². The maximum atomic E-state index is 13.0. The first-order valence-corrected chi connectivity index (χ1v) is 10.9. The highest BCUT2D eigenvalue weighted by Gasteiger charge is 2.37. The quantitative estimate of drug-likeness (QED) is 0.464. The lowest BCUT2D eigenvalue weighted by Crippen LogP contribution is -2.39. The Kier molecular flexibility index (Phi) is 5.58. The normalized spacial score (nSPS) is 13.6. The molecule has 1 aromatic carbocycles. The Labute approximate surface area is 197 Å². The Morgan fingerprint density at radius 3 is 2.62 bits per heavy atom. The van der Waals surface area contributed by atoms with E-state index in [9.17, 15) is 10.1 Å². The molecule has 176 valence electrons. The fourth-order valence-corrected chi connectivity index (χ4v) is 4.21. The van der Waals surface area contributed by atoms with E-state index in [0.29, 0.717) is 28.3 Å². The number of rotatable bonds is 4. The third-order valence-electron chi connectivity index (χ3n) is 5.87. The third-order valence-corrected chi connectivity index (χ3v) is 5.87. The summed E-state index contributed by atoms with van der Waals surface area (Å²) in [5, 5.41) is 13.4. The highest BCUT2D eigenvalue weighted by Crippen LogP contribution is 2.41. The molecule has 1 unspecified atom stereocenters. The number of fused-ring (bicyclic) bond motifs is 2. The van der Waals surface area contributed by atoms with Crippen molar-refractivity contribution in [2.45, 2.75) is 45.8 Å². The number of nitriles is 1. The monoisotopic (exact) mass is 460 g/mol. The highest BCUT2D eigenvalue weighted by molar-refractivity contribution is 5.96. The number of nitrogens with zero attached hydrogens (tertiary/aromatic N) is 4. The van der Waals surface area contributed by atoms with Crippen molar-refractivity contribution in [3.8, 4) is 11.8 Å². The van der Waals surface area contributed by atoms with Crippen LogP contribution in [0.2, 0.25) is 0 Å². The zero-order chi connectivity index (χ0) is 24.8. The Morgan fingerprint density at radius 2 is 2.00 bits per heavy atom. The van der Waals surface area contributed by atoms with Crippen molar-refractivity contribution < 1.29 is 14.3 Å². The predicted octanol–water partition coefficient (Wildman–Crippen LogP) is 4.37. The maximum Gasteiger partial charge on any atom is 0.419 e. The molecule has 0 aliphatic heterocycles. The van der Waals surface area contributed by atoms with Gasteiger partial charge < -0.3 is 19.8 Å². The van der Waals surface area contributed by atoms with Gasteiger partial charge in [-0.05, 0) is 65.4 Å². The van der Waals surface area contributed by atoms with Crippen LogP contribution >= 0.6 is 0 Å². The zero-order valence-electron chi connectivity index (χ0n) is 20.4. The van der Waals surface area contributed by atoms with E-state index in [4.69, 9.17) is 14.5 Å². The zero-order valence-corrected chi connectivity index (χ0v) is 20.4. The fourth-order valence-electron chi connectivity index (χ4n) is 4.21. The fraction of sp³-hybridized carbons (Fsp3) is 0.360. The van der Waals surface area contributed by atoms with Gasteiger partial charge in [-0.1, -0.05) is 0 Å². The van der Waals surface area contributed by atoms with Crippen LogP contribution in [0.15, 0.2) is 30.6 Å². The number of methoxy groups -OCH3 is 1. The first kappa shape index (κ1) is 23.3. The third kappa shape index (κ3) is 3.76. The molecule has 9 nitrogen and oxygen atoms in total. The molecule has 3 aromatic heterocycles. The number of aromatic nitrogens is 4. The van der Waals surface area contributed by atoms with Gasteiger partial charge in [0.25, 0.3) is 0 Å². The van der Waals surface area contributed by atoms with Crippen LogP contribution in [0.3, 0.4) is 0 Å². The number of hydrogen-bond acceptors (Lipinski definition) is 7. The number of carbonyl (C=O) groups excluding carboxylic acids is 1. The standard InChI is InChI=1S/C25H28N6O3/c1-14-10-18(33-7)19(16-8-9-31(20(14)16)23(32)34-24(2,3)4)25(5,27-6)22-29-17-11-15(12-26)13-28-21(17)30-22/h8-11,13,27H,1-7H3,(H,28,29,30). The van der Waals surface area contributed by atoms with Crippen LogP contribution in [-0.2, 0) is 10.3 Å². The first-order valence-electron chi connectivity index (χ1n) is 10.9. The van der Waals surface area contributed by atoms with Gasteiger partial charge in [0.05, 0.1) is 23.7 Å². The number of H-pyrrole nitrogens is 1. The van der Waals surface area contributed by atoms with E-state index in [1.807, 2.05) is 53.8 Å². The van der Waals surface area contributed by atoms with Gasteiger partial charge in [0.1, 0.15) is 28.8 Å². The van der Waals surface area contributed by atoms with E-state index >= 15 is 0 Å². The molecule has 3 heterocycles. The molecule has 0 spiro atoms. The van der Waals surface area contributed by atoms with Gasteiger partial charge in [-0.15, -0.1) is 0 Å². The lowest BCUT2D eigenvalue weighted by atomic mass is 9.86. The lowest BCUT2D eigenvalue weighted by Gasteiger charge is -2.30. The van der Waals surface area contributed by atoms with Gasteiger partial charge in [-0.2, -0.15) is 5.26 Å². The van der Waals surface area contributed by atoms with Crippen LogP contribution in [0.1, 0.15) is 50.2 Å². The average molecular weight is 461 g/mol. The van der Waals surface area contributed by atoms with Crippen molar-refractivity contribution in [2.75, 3.05) is 14.2 Å². The molecule has 9 heteroatoms. The predicted molar refractivity (Wildman–Crippen MR) is 129 cm³/mol. The topological polar surface area (TPSA) is 118 Å². The number of aromatic amines is 1. The molecule has 0 saturated heterocycles. The largest absolute Gasteiger partial charge is 0.496 e. The summed E-state index contributed by atoms with van der Waals surface area (Å²) in [5.74, 6) is 1.25. The van der Waals surface area contributed by atoms with E-state index in [0.717, 1.165) is 22.0 Å². The second-order valence-electron chi connectivity index (χ2n) is 9.37. The summed E-state index contributed by atoms with van der Waals surface area (Å²) >= 11 is 0. The van der Waals surface area contributed by atoms with E-state index in [1.54, 1.807) is 19.4 Å². The number of ether oxygens (including phenoxy) is 2. The lowest BCUT2D eigenvalue weighted by molar-refractivity contribution is 0.0544. The van der Waals surface area contributed by atoms with Crippen molar-refractivity contribution in [1.82, 2.24) is 24.8 Å². The van der Waals surface area contributed by atoms with Crippen LogP contribution in [-0.4, -0.2) is 45.4 Å². The minimum atomic E-state index is -0.842. The van der Waals surface area contributed by atoms with Crippen molar-refractivity contribution in [3.05, 3.63) is 53.1 Å². The van der Waals surface area contributed by atoms with Crippen LogP contribution in [0.25, 0.3) is 22.1 Å². The Bertz CT molecular complexity index is 1450. The molecule has 34 heavy (non-hydrogen) atoms. The van der Waals surface area contributed by atoms with Gasteiger partial charge in [-0.3, -0.25) is 4.57 Å². The molecule has 0 bridgehead atoms. The molecule has 2 N–H and O–H groups in total. The van der Waals surface area contributed by atoms with Crippen LogP contribution < -0.4 is 10.1 Å².